The largest absolute Gasteiger partial charge is 0.390 e. The van der Waals surface area contributed by atoms with Crippen LogP contribution in [0.2, 0.25) is 0 Å². The van der Waals surface area contributed by atoms with Crippen LogP contribution in [0, 0.1) is 0 Å². The molecule has 2 heterocycles. The number of hydrogen-bond donors (Lipinski definition) is 2. The topological polar surface area (TPSA) is 38.7 Å². The zero-order chi connectivity index (χ0) is 13.7. The van der Waals surface area contributed by atoms with Crippen LogP contribution in [0.1, 0.15) is 39.5 Å². The number of β-amino-alcohol motifs (C(OH)–C–C–N with tert-alkyl or cyclic N) is 1. The van der Waals surface area contributed by atoms with Gasteiger partial charge in [-0.05, 0) is 38.9 Å². The lowest BCUT2D eigenvalue weighted by molar-refractivity contribution is 0.111. The average Bonchev–Trinajstić information content (AvgIpc) is 2.86. The summed E-state index contributed by atoms with van der Waals surface area (Å²) in [6.07, 6.45) is 5.20. The van der Waals surface area contributed by atoms with Crippen LogP contribution >= 0.6 is 0 Å². The first-order chi connectivity index (χ1) is 9.15. The van der Waals surface area contributed by atoms with Gasteiger partial charge in [-0.25, -0.2) is 0 Å². The van der Waals surface area contributed by atoms with E-state index in [9.17, 15) is 5.11 Å². The molecular weight excluding hydrogens is 238 g/mol. The van der Waals surface area contributed by atoms with E-state index in [1.54, 1.807) is 0 Å². The van der Waals surface area contributed by atoms with Crippen LogP contribution in [0.4, 0.5) is 0 Å². The summed E-state index contributed by atoms with van der Waals surface area (Å²) >= 11 is 0. The summed E-state index contributed by atoms with van der Waals surface area (Å²) in [6, 6.07) is 1.19. The molecule has 2 aliphatic rings. The third-order valence-electron chi connectivity index (χ3n) is 4.39. The number of piperidine rings is 1. The monoisotopic (exact) mass is 269 g/mol. The van der Waals surface area contributed by atoms with Gasteiger partial charge in [-0.1, -0.05) is 20.3 Å². The molecule has 0 aromatic rings. The third kappa shape index (κ3) is 5.03. The second kappa shape index (κ2) is 7.58. The minimum atomic E-state index is -0.234. The molecule has 2 rings (SSSR count). The highest BCUT2D eigenvalue weighted by atomic mass is 16.3. The molecule has 0 saturated carbocycles. The molecule has 0 spiro atoms. The van der Waals surface area contributed by atoms with Crippen LogP contribution in [-0.4, -0.2) is 72.4 Å². The lowest BCUT2D eigenvalue weighted by Crippen LogP contribution is -2.43. The van der Waals surface area contributed by atoms with Crippen LogP contribution in [0.25, 0.3) is 0 Å². The summed E-state index contributed by atoms with van der Waals surface area (Å²) in [5.74, 6) is 0. The maximum absolute atomic E-state index is 10.0. The van der Waals surface area contributed by atoms with Crippen molar-refractivity contribution in [3.05, 3.63) is 0 Å². The van der Waals surface area contributed by atoms with Gasteiger partial charge in [-0.15, -0.1) is 0 Å². The second-order valence-corrected chi connectivity index (χ2v) is 6.52. The molecule has 4 nitrogen and oxygen atoms in total. The summed E-state index contributed by atoms with van der Waals surface area (Å²) in [5.41, 5.74) is 0. The second-order valence-electron chi connectivity index (χ2n) is 6.52. The van der Waals surface area contributed by atoms with Crippen molar-refractivity contribution in [2.45, 2.75) is 57.7 Å². The van der Waals surface area contributed by atoms with Gasteiger partial charge in [0.25, 0.3) is 0 Å². The highest BCUT2D eigenvalue weighted by molar-refractivity contribution is 4.85. The molecule has 2 atom stereocenters. The van der Waals surface area contributed by atoms with Crippen molar-refractivity contribution < 1.29 is 5.11 Å². The zero-order valence-corrected chi connectivity index (χ0v) is 12.6. The summed E-state index contributed by atoms with van der Waals surface area (Å²) in [6.45, 7) is 10.7. The quantitative estimate of drug-likeness (QED) is 0.752. The smallest absolute Gasteiger partial charge is 0.0791 e. The normalized spacial score (nSPS) is 28.1. The minimum absolute atomic E-state index is 0.234. The average molecular weight is 269 g/mol. The van der Waals surface area contributed by atoms with Gasteiger partial charge in [0.15, 0.2) is 0 Å². The predicted molar refractivity (Wildman–Crippen MR) is 79.4 cm³/mol. The molecule has 2 aliphatic heterocycles. The van der Waals surface area contributed by atoms with E-state index in [-0.39, 0.29) is 6.10 Å². The van der Waals surface area contributed by atoms with Crippen molar-refractivity contribution in [3.63, 3.8) is 0 Å². The fourth-order valence-electron chi connectivity index (χ4n) is 3.29. The van der Waals surface area contributed by atoms with E-state index < -0.39 is 0 Å². The molecule has 0 bridgehead atoms. The van der Waals surface area contributed by atoms with Gasteiger partial charge < -0.3 is 10.4 Å². The highest BCUT2D eigenvalue weighted by Gasteiger charge is 2.29. The fourth-order valence-corrected chi connectivity index (χ4v) is 3.29. The van der Waals surface area contributed by atoms with E-state index in [4.69, 9.17) is 0 Å². The minimum Gasteiger partial charge on any atom is -0.390 e. The Bertz CT molecular complexity index is 254. The molecule has 2 N–H and O–H groups in total. The Morgan fingerprint density at radius 2 is 1.89 bits per heavy atom. The van der Waals surface area contributed by atoms with Crippen LogP contribution in [0.15, 0.2) is 0 Å². The first-order valence-corrected chi connectivity index (χ1v) is 8.03. The van der Waals surface area contributed by atoms with E-state index in [1.807, 2.05) is 0 Å². The molecule has 0 aliphatic carbocycles. The number of nitrogens with zero attached hydrogens (tertiary/aromatic N) is 2. The number of nitrogens with one attached hydrogen (secondary N) is 1. The Morgan fingerprint density at radius 1 is 1.16 bits per heavy atom. The SMILES string of the molecule is CC(C)NCC(O)CN1CCC(N2CCCCC2)C1. The fraction of sp³-hybridized carbons (Fsp3) is 1.00. The number of aliphatic hydroxyl groups excluding tert-OH is 1. The molecule has 2 unspecified atom stereocenters. The van der Waals surface area contributed by atoms with Gasteiger partial charge in [0.05, 0.1) is 6.10 Å². The van der Waals surface area contributed by atoms with E-state index in [0.29, 0.717) is 12.6 Å². The summed E-state index contributed by atoms with van der Waals surface area (Å²) < 4.78 is 0. The van der Waals surface area contributed by atoms with Crippen molar-refractivity contribution in [1.82, 2.24) is 15.1 Å². The van der Waals surface area contributed by atoms with Gasteiger partial charge in [0.2, 0.25) is 0 Å². The first kappa shape index (κ1) is 15.2. The molecular formula is C15H31N3O. The third-order valence-corrected chi connectivity index (χ3v) is 4.39. The maximum atomic E-state index is 10.0. The maximum Gasteiger partial charge on any atom is 0.0791 e. The molecule has 19 heavy (non-hydrogen) atoms. The number of aliphatic hydroxyl groups is 1. The summed E-state index contributed by atoms with van der Waals surface area (Å²) in [4.78, 5) is 5.11. The van der Waals surface area contributed by atoms with Crippen LogP contribution in [-0.2, 0) is 0 Å². The van der Waals surface area contributed by atoms with Crippen LogP contribution in [0.5, 0.6) is 0 Å². The molecule has 0 amide bonds. The standard InChI is InChI=1S/C15H31N3O/c1-13(2)16-10-15(19)12-17-9-6-14(11-17)18-7-4-3-5-8-18/h13-16,19H,3-12H2,1-2H3. The molecule has 2 fully saturated rings. The van der Waals surface area contributed by atoms with E-state index in [0.717, 1.165) is 25.7 Å². The number of hydrogen-bond acceptors (Lipinski definition) is 4. The number of likely N-dealkylation sites (tertiary alicyclic amines) is 2. The van der Waals surface area contributed by atoms with Gasteiger partial charge in [-0.3, -0.25) is 9.80 Å². The molecule has 0 aromatic heterocycles. The van der Waals surface area contributed by atoms with Crippen molar-refractivity contribution in [2.75, 3.05) is 39.3 Å². The Balaban J connectivity index is 1.66. The molecule has 0 radical (unpaired) electrons. The molecule has 4 heteroatoms. The Hall–Kier alpha value is -0.160. The van der Waals surface area contributed by atoms with Crippen molar-refractivity contribution in [2.24, 2.45) is 0 Å². The van der Waals surface area contributed by atoms with E-state index in [1.165, 1.54) is 38.8 Å². The van der Waals surface area contributed by atoms with Gasteiger partial charge in [-0.2, -0.15) is 0 Å². The van der Waals surface area contributed by atoms with Crippen LogP contribution < -0.4 is 5.32 Å². The van der Waals surface area contributed by atoms with E-state index >= 15 is 0 Å². The Labute approximate surface area is 118 Å². The molecule has 112 valence electrons. The van der Waals surface area contributed by atoms with Gasteiger partial charge in [0, 0.05) is 31.7 Å². The van der Waals surface area contributed by atoms with Gasteiger partial charge >= 0.3 is 0 Å². The zero-order valence-electron chi connectivity index (χ0n) is 12.6. The van der Waals surface area contributed by atoms with E-state index in [2.05, 4.69) is 29.0 Å². The van der Waals surface area contributed by atoms with Gasteiger partial charge in [0.1, 0.15) is 0 Å². The summed E-state index contributed by atoms with van der Waals surface area (Å²) in [7, 11) is 0. The lowest BCUT2D eigenvalue weighted by Gasteiger charge is -2.32. The van der Waals surface area contributed by atoms with Crippen molar-refractivity contribution in [3.8, 4) is 0 Å². The van der Waals surface area contributed by atoms with Crippen molar-refractivity contribution in [1.29, 1.82) is 0 Å². The molecule has 0 aromatic carbocycles. The summed E-state index contributed by atoms with van der Waals surface area (Å²) in [5, 5.41) is 13.3. The highest BCUT2D eigenvalue weighted by Crippen LogP contribution is 2.20. The predicted octanol–water partition coefficient (Wildman–Crippen LogP) is 0.906. The lowest BCUT2D eigenvalue weighted by atomic mass is 10.1. The van der Waals surface area contributed by atoms with Crippen LogP contribution in [0.3, 0.4) is 0 Å². The first-order valence-electron chi connectivity index (χ1n) is 8.03. The number of rotatable bonds is 6. The molecule has 2 saturated heterocycles. The Morgan fingerprint density at radius 3 is 2.58 bits per heavy atom. The Kier molecular flexibility index (Phi) is 6.07. The van der Waals surface area contributed by atoms with Crippen molar-refractivity contribution >= 4 is 0 Å².